The molecule has 3 aromatic rings. The van der Waals surface area contributed by atoms with Crippen molar-refractivity contribution in [3.63, 3.8) is 0 Å². The summed E-state index contributed by atoms with van der Waals surface area (Å²) < 4.78 is 31.1. The van der Waals surface area contributed by atoms with Gasteiger partial charge in [0.15, 0.2) is 0 Å². The van der Waals surface area contributed by atoms with Gasteiger partial charge in [-0.1, -0.05) is 60.7 Å². The summed E-state index contributed by atoms with van der Waals surface area (Å²) in [4.78, 5) is 8.13. The van der Waals surface area contributed by atoms with Gasteiger partial charge in [0, 0.05) is 32.0 Å². The summed E-state index contributed by atoms with van der Waals surface area (Å²) in [7, 11) is 0. The van der Waals surface area contributed by atoms with Gasteiger partial charge in [0.2, 0.25) is 0 Å². The molecule has 0 bridgehead atoms. The number of alkyl halides is 2. The van der Waals surface area contributed by atoms with E-state index in [4.69, 9.17) is 0 Å². The number of rotatable bonds is 4. The summed E-state index contributed by atoms with van der Waals surface area (Å²) in [5.74, 6) is -2.78. The summed E-state index contributed by atoms with van der Waals surface area (Å²) in [5.41, 5.74) is 4.43. The van der Waals surface area contributed by atoms with Crippen molar-refractivity contribution in [3.8, 4) is 0 Å². The third kappa shape index (κ3) is 4.12. The van der Waals surface area contributed by atoms with Gasteiger partial charge in [0.25, 0.3) is 5.92 Å². The zero-order chi connectivity index (χ0) is 21.3. The van der Waals surface area contributed by atoms with E-state index in [0.717, 1.165) is 23.1 Å². The molecule has 1 unspecified atom stereocenters. The minimum absolute atomic E-state index is 0.166. The van der Waals surface area contributed by atoms with Crippen molar-refractivity contribution in [2.45, 2.75) is 37.4 Å². The first kappa shape index (κ1) is 20.3. The van der Waals surface area contributed by atoms with Gasteiger partial charge in [0.1, 0.15) is 0 Å². The molecule has 0 radical (unpaired) electrons. The van der Waals surface area contributed by atoms with Gasteiger partial charge < -0.3 is 0 Å². The highest BCUT2D eigenvalue weighted by Crippen LogP contribution is 2.39. The molecule has 5 heteroatoms. The monoisotopic (exact) mass is 419 g/mol. The maximum Gasteiger partial charge on any atom is 0.275 e. The second kappa shape index (κ2) is 8.48. The van der Waals surface area contributed by atoms with Crippen LogP contribution < -0.4 is 0 Å². The van der Waals surface area contributed by atoms with Crippen LogP contribution >= 0.6 is 0 Å². The third-order valence-corrected chi connectivity index (χ3v) is 6.67. The van der Waals surface area contributed by atoms with Gasteiger partial charge in [0.05, 0.1) is 18.6 Å². The smallest absolute Gasteiger partial charge is 0.275 e. The Labute approximate surface area is 182 Å². The second-order valence-electron chi connectivity index (χ2n) is 8.62. The number of halogens is 2. The van der Waals surface area contributed by atoms with E-state index < -0.39 is 12.0 Å². The van der Waals surface area contributed by atoms with E-state index in [1.54, 1.807) is 6.20 Å². The molecule has 1 aromatic heterocycles. The summed E-state index contributed by atoms with van der Waals surface area (Å²) in [6.07, 6.45) is 4.88. The molecule has 0 aliphatic carbocycles. The summed E-state index contributed by atoms with van der Waals surface area (Å²) >= 11 is 0. The Hall–Kier alpha value is -2.63. The van der Waals surface area contributed by atoms with E-state index in [2.05, 4.69) is 4.98 Å². The Morgan fingerprint density at radius 1 is 0.871 bits per heavy atom. The van der Waals surface area contributed by atoms with Crippen LogP contribution in [0.2, 0.25) is 0 Å². The van der Waals surface area contributed by atoms with Crippen molar-refractivity contribution in [1.29, 1.82) is 0 Å². The molecule has 1 fully saturated rings. The third-order valence-electron chi connectivity index (χ3n) is 6.67. The summed E-state index contributed by atoms with van der Waals surface area (Å²) in [5, 5.41) is 0. The molecule has 2 aliphatic rings. The van der Waals surface area contributed by atoms with Crippen molar-refractivity contribution in [3.05, 3.63) is 101 Å². The first-order valence-corrected chi connectivity index (χ1v) is 11.0. The molecule has 2 aliphatic heterocycles. The van der Waals surface area contributed by atoms with E-state index in [0.29, 0.717) is 26.1 Å². The van der Waals surface area contributed by atoms with E-state index in [1.165, 1.54) is 5.56 Å². The molecule has 0 spiro atoms. The molecular formula is C26H27F2N3. The Morgan fingerprint density at radius 3 is 2.19 bits per heavy atom. The first-order valence-electron chi connectivity index (χ1n) is 11.0. The van der Waals surface area contributed by atoms with E-state index >= 15 is 8.78 Å². The Morgan fingerprint density at radius 2 is 1.55 bits per heavy atom. The maximum absolute atomic E-state index is 15.6. The largest absolute Gasteiger partial charge is 0.290 e. The zero-order valence-corrected chi connectivity index (χ0v) is 17.5. The quantitative estimate of drug-likeness (QED) is 0.597. The minimum atomic E-state index is -2.78. The Kier molecular flexibility index (Phi) is 5.55. The van der Waals surface area contributed by atoms with Crippen LogP contribution in [0.3, 0.4) is 0 Å². The van der Waals surface area contributed by atoms with Crippen molar-refractivity contribution >= 4 is 0 Å². The predicted molar refractivity (Wildman–Crippen MR) is 118 cm³/mol. The van der Waals surface area contributed by atoms with Crippen molar-refractivity contribution in [1.82, 2.24) is 14.8 Å². The van der Waals surface area contributed by atoms with Crippen molar-refractivity contribution < 1.29 is 8.78 Å². The fourth-order valence-corrected chi connectivity index (χ4v) is 5.18. The average Bonchev–Trinajstić information content (AvgIpc) is 2.80. The van der Waals surface area contributed by atoms with Gasteiger partial charge in [-0.05, 0) is 41.2 Å². The average molecular weight is 420 g/mol. The van der Waals surface area contributed by atoms with Crippen molar-refractivity contribution in [2.24, 2.45) is 0 Å². The molecule has 160 valence electrons. The number of nitrogens with zero attached hydrogens (tertiary/aromatic N) is 3. The molecule has 3 nitrogen and oxygen atoms in total. The molecular weight excluding hydrogens is 392 g/mol. The van der Waals surface area contributed by atoms with Crippen LogP contribution in [0.4, 0.5) is 8.78 Å². The van der Waals surface area contributed by atoms with Crippen LogP contribution in [0.25, 0.3) is 0 Å². The standard InChI is InChI=1S/C26H27F2N3/c27-26(28)19-31(25(21-7-3-1-4-8-21)22-9-5-2-6-10-22)16-13-24(26)30-15-12-20-11-14-29-17-23(20)18-30/h1-11,14,17,24-25H,12-13,15-16,18-19H2. The van der Waals surface area contributed by atoms with E-state index in [1.807, 2.05) is 82.7 Å². The number of hydrogen-bond donors (Lipinski definition) is 0. The lowest BCUT2D eigenvalue weighted by atomic mass is 9.90. The van der Waals surface area contributed by atoms with Crippen molar-refractivity contribution in [2.75, 3.05) is 19.6 Å². The topological polar surface area (TPSA) is 19.4 Å². The highest BCUT2D eigenvalue weighted by Gasteiger charge is 2.49. The number of piperidine rings is 1. The predicted octanol–water partition coefficient (Wildman–Crippen LogP) is 4.94. The number of benzene rings is 2. The lowest BCUT2D eigenvalue weighted by molar-refractivity contribution is -0.135. The van der Waals surface area contributed by atoms with Gasteiger partial charge in [-0.3, -0.25) is 14.8 Å². The normalized spacial score (nSPS) is 21.7. The number of hydrogen-bond acceptors (Lipinski definition) is 3. The van der Waals surface area contributed by atoms with Gasteiger partial charge in [-0.2, -0.15) is 0 Å². The van der Waals surface area contributed by atoms with Gasteiger partial charge >= 0.3 is 0 Å². The molecule has 3 heterocycles. The maximum atomic E-state index is 15.6. The Balaban J connectivity index is 1.38. The van der Waals surface area contributed by atoms with Crippen LogP contribution in [0.5, 0.6) is 0 Å². The highest BCUT2D eigenvalue weighted by atomic mass is 19.3. The van der Waals surface area contributed by atoms with Crippen LogP contribution in [-0.4, -0.2) is 46.4 Å². The van der Waals surface area contributed by atoms with Crippen LogP contribution in [0, 0.1) is 0 Å². The van der Waals surface area contributed by atoms with Gasteiger partial charge in [-0.25, -0.2) is 8.78 Å². The number of fused-ring (bicyclic) bond motifs is 1. The molecule has 0 N–H and O–H groups in total. The Bertz CT molecular complexity index is 970. The second-order valence-corrected chi connectivity index (χ2v) is 8.62. The van der Waals surface area contributed by atoms with Gasteiger partial charge in [-0.15, -0.1) is 0 Å². The number of pyridine rings is 1. The summed E-state index contributed by atoms with van der Waals surface area (Å²) in [6, 6.07) is 21.1. The summed E-state index contributed by atoms with van der Waals surface area (Å²) in [6.45, 7) is 1.65. The first-order chi connectivity index (χ1) is 15.1. The molecule has 0 amide bonds. The number of likely N-dealkylation sites (tertiary alicyclic amines) is 1. The lowest BCUT2D eigenvalue weighted by Crippen LogP contribution is -2.59. The number of aromatic nitrogens is 1. The molecule has 5 rings (SSSR count). The molecule has 31 heavy (non-hydrogen) atoms. The molecule has 1 saturated heterocycles. The van der Waals surface area contributed by atoms with E-state index in [9.17, 15) is 0 Å². The SMILES string of the molecule is FC1(F)CN(C(c2ccccc2)c2ccccc2)CCC1N1CCc2ccncc2C1. The molecule has 0 saturated carbocycles. The lowest BCUT2D eigenvalue weighted by Gasteiger charge is -2.47. The zero-order valence-electron chi connectivity index (χ0n) is 17.5. The fraction of sp³-hybridized carbons (Fsp3) is 0.346. The fourth-order valence-electron chi connectivity index (χ4n) is 5.18. The van der Waals surface area contributed by atoms with E-state index in [-0.39, 0.29) is 12.6 Å². The van der Waals surface area contributed by atoms with Crippen LogP contribution in [0.15, 0.2) is 79.1 Å². The van der Waals surface area contributed by atoms with Crippen LogP contribution in [-0.2, 0) is 13.0 Å². The highest BCUT2D eigenvalue weighted by molar-refractivity contribution is 5.32. The van der Waals surface area contributed by atoms with Crippen LogP contribution in [0.1, 0.15) is 34.7 Å². The molecule has 1 atom stereocenters. The molecule has 2 aromatic carbocycles. The minimum Gasteiger partial charge on any atom is -0.290 e.